The molecule has 1 saturated heterocycles. The number of rotatable bonds is 7. The van der Waals surface area contributed by atoms with E-state index in [9.17, 15) is 4.79 Å². The van der Waals surface area contributed by atoms with Gasteiger partial charge in [-0.1, -0.05) is 19.0 Å². The molecule has 1 amide bonds. The van der Waals surface area contributed by atoms with Crippen LogP contribution in [-0.4, -0.2) is 40.9 Å². The Bertz CT molecular complexity index is 698. The van der Waals surface area contributed by atoms with Crippen LogP contribution in [0.1, 0.15) is 50.4 Å². The van der Waals surface area contributed by atoms with Gasteiger partial charge in [-0.05, 0) is 30.9 Å². The van der Waals surface area contributed by atoms with Gasteiger partial charge in [-0.3, -0.25) is 9.78 Å². The first kappa shape index (κ1) is 18.3. The Balaban J connectivity index is 1.67. The third kappa shape index (κ3) is 4.78. The summed E-state index contributed by atoms with van der Waals surface area (Å²) >= 11 is 0. The molecule has 3 heterocycles. The minimum atomic E-state index is -0.344. The highest BCUT2D eigenvalue weighted by molar-refractivity contribution is 5.77. The number of amides is 1. The first-order valence-electron chi connectivity index (χ1n) is 8.87. The van der Waals surface area contributed by atoms with Gasteiger partial charge >= 0.3 is 0 Å². The van der Waals surface area contributed by atoms with Crippen LogP contribution >= 0.6 is 0 Å². The first-order chi connectivity index (χ1) is 12.6. The van der Waals surface area contributed by atoms with Gasteiger partial charge in [-0.15, -0.1) is 0 Å². The van der Waals surface area contributed by atoms with Crippen molar-refractivity contribution in [2.24, 2.45) is 5.92 Å². The molecule has 1 aliphatic heterocycles. The highest BCUT2D eigenvalue weighted by atomic mass is 16.5. The summed E-state index contributed by atoms with van der Waals surface area (Å²) in [6.45, 7) is 5.22. The smallest absolute Gasteiger partial charge is 0.258 e. The summed E-state index contributed by atoms with van der Waals surface area (Å²) in [7, 11) is 0. The molecule has 8 nitrogen and oxygen atoms in total. The van der Waals surface area contributed by atoms with E-state index in [1.165, 1.54) is 0 Å². The van der Waals surface area contributed by atoms with Crippen LogP contribution in [0.5, 0.6) is 5.75 Å². The molecule has 1 aliphatic rings. The van der Waals surface area contributed by atoms with E-state index in [-0.39, 0.29) is 30.4 Å². The van der Waals surface area contributed by atoms with Crippen molar-refractivity contribution in [1.29, 1.82) is 0 Å². The zero-order chi connectivity index (χ0) is 18.4. The molecule has 3 rings (SSSR count). The van der Waals surface area contributed by atoms with E-state index in [2.05, 4.69) is 20.4 Å². The monoisotopic (exact) mass is 360 g/mol. The fourth-order valence-corrected chi connectivity index (χ4v) is 2.83. The van der Waals surface area contributed by atoms with Crippen molar-refractivity contribution >= 4 is 5.91 Å². The number of pyridine rings is 1. The lowest BCUT2D eigenvalue weighted by Crippen LogP contribution is -2.38. The van der Waals surface area contributed by atoms with E-state index in [0.717, 1.165) is 12.8 Å². The van der Waals surface area contributed by atoms with Gasteiger partial charge in [0.05, 0.1) is 6.20 Å². The molecule has 140 valence electrons. The third-order valence-electron chi connectivity index (χ3n) is 4.30. The van der Waals surface area contributed by atoms with Crippen molar-refractivity contribution in [1.82, 2.24) is 20.4 Å². The van der Waals surface area contributed by atoms with E-state index in [1.54, 1.807) is 24.5 Å². The van der Waals surface area contributed by atoms with Crippen LogP contribution in [-0.2, 0) is 9.53 Å². The maximum Gasteiger partial charge on any atom is 0.258 e. The van der Waals surface area contributed by atoms with Crippen molar-refractivity contribution in [2.45, 2.75) is 38.6 Å². The predicted molar refractivity (Wildman–Crippen MR) is 92.5 cm³/mol. The summed E-state index contributed by atoms with van der Waals surface area (Å²) in [5.74, 6) is 1.73. The molecule has 0 bridgehead atoms. The Hall–Kier alpha value is -2.48. The molecule has 1 unspecified atom stereocenters. The van der Waals surface area contributed by atoms with Crippen LogP contribution in [0.2, 0.25) is 0 Å². The van der Waals surface area contributed by atoms with Crippen LogP contribution in [0.15, 0.2) is 29.0 Å². The van der Waals surface area contributed by atoms with Gasteiger partial charge in [0.15, 0.2) is 12.4 Å². The van der Waals surface area contributed by atoms with E-state index in [1.807, 2.05) is 13.8 Å². The maximum absolute atomic E-state index is 12.4. The van der Waals surface area contributed by atoms with Gasteiger partial charge in [0, 0.05) is 25.3 Å². The lowest BCUT2D eigenvalue weighted by molar-refractivity contribution is -0.124. The van der Waals surface area contributed by atoms with E-state index >= 15 is 0 Å². The van der Waals surface area contributed by atoms with Crippen LogP contribution < -0.4 is 10.1 Å². The van der Waals surface area contributed by atoms with E-state index < -0.39 is 0 Å². The van der Waals surface area contributed by atoms with Gasteiger partial charge in [-0.25, -0.2) is 0 Å². The number of ether oxygens (including phenoxy) is 2. The summed E-state index contributed by atoms with van der Waals surface area (Å²) in [5.41, 5.74) is 0. The van der Waals surface area contributed by atoms with Crippen molar-refractivity contribution < 1.29 is 18.8 Å². The van der Waals surface area contributed by atoms with Crippen molar-refractivity contribution in [3.63, 3.8) is 0 Å². The molecular weight excluding hydrogens is 336 g/mol. The Morgan fingerprint density at radius 1 is 1.38 bits per heavy atom. The number of hydrogen-bond acceptors (Lipinski definition) is 7. The van der Waals surface area contributed by atoms with Gasteiger partial charge in [0.25, 0.3) is 5.91 Å². The molecule has 0 spiro atoms. The summed E-state index contributed by atoms with van der Waals surface area (Å²) < 4.78 is 16.3. The minimum Gasteiger partial charge on any atom is -0.482 e. The second-order valence-electron chi connectivity index (χ2n) is 6.62. The molecule has 26 heavy (non-hydrogen) atoms. The molecule has 0 radical (unpaired) electrons. The molecule has 1 N–H and O–H groups in total. The summed E-state index contributed by atoms with van der Waals surface area (Å²) in [6.07, 6.45) is 4.87. The number of nitrogens with one attached hydrogen (secondary N) is 1. The number of carbonyl (C=O) groups is 1. The Morgan fingerprint density at radius 3 is 2.85 bits per heavy atom. The van der Waals surface area contributed by atoms with Crippen LogP contribution in [0, 0.1) is 5.92 Å². The summed E-state index contributed by atoms with van der Waals surface area (Å²) in [4.78, 5) is 20.8. The van der Waals surface area contributed by atoms with Gasteiger partial charge in [0.1, 0.15) is 11.8 Å². The number of aromatic nitrogens is 3. The van der Waals surface area contributed by atoms with Crippen molar-refractivity contribution in [3.05, 3.63) is 36.2 Å². The molecule has 0 aromatic carbocycles. The van der Waals surface area contributed by atoms with Crippen LogP contribution in [0.3, 0.4) is 0 Å². The van der Waals surface area contributed by atoms with E-state index in [4.69, 9.17) is 14.0 Å². The number of nitrogens with zero attached hydrogens (tertiary/aromatic N) is 3. The zero-order valence-electron chi connectivity index (χ0n) is 15.1. The molecule has 0 saturated carbocycles. The predicted octanol–water partition coefficient (Wildman–Crippen LogP) is 2.25. The largest absolute Gasteiger partial charge is 0.482 e. The molecule has 1 atom stereocenters. The highest BCUT2D eigenvalue weighted by Crippen LogP contribution is 2.30. The third-order valence-corrected chi connectivity index (χ3v) is 4.30. The van der Waals surface area contributed by atoms with Crippen LogP contribution in [0.4, 0.5) is 0 Å². The maximum atomic E-state index is 12.4. The second-order valence-corrected chi connectivity index (χ2v) is 6.62. The standard InChI is InChI=1S/C18H24N4O4/c1-12(2)17-21-18(26-22-17)16(13-5-8-24-9-6-13)20-15(23)11-25-14-4-3-7-19-10-14/h3-4,7,10,12-13,16H,5-6,8-9,11H2,1-2H3,(H,20,23). The minimum absolute atomic E-state index is 0.101. The average Bonchev–Trinajstić information content (AvgIpc) is 3.16. The SMILES string of the molecule is CC(C)c1noc(C(NC(=O)COc2cccnc2)C2CCOCC2)n1. The molecular formula is C18H24N4O4. The number of hydrogen-bond donors (Lipinski definition) is 1. The van der Waals surface area contributed by atoms with Gasteiger partial charge < -0.3 is 19.3 Å². The van der Waals surface area contributed by atoms with Crippen LogP contribution in [0.25, 0.3) is 0 Å². The lowest BCUT2D eigenvalue weighted by atomic mass is 9.91. The lowest BCUT2D eigenvalue weighted by Gasteiger charge is -2.28. The zero-order valence-corrected chi connectivity index (χ0v) is 15.1. The molecule has 8 heteroatoms. The quantitative estimate of drug-likeness (QED) is 0.808. The van der Waals surface area contributed by atoms with Crippen molar-refractivity contribution in [3.8, 4) is 5.75 Å². The van der Waals surface area contributed by atoms with Crippen molar-refractivity contribution in [2.75, 3.05) is 19.8 Å². The van der Waals surface area contributed by atoms with E-state index in [0.29, 0.717) is 30.7 Å². The average molecular weight is 360 g/mol. The Kier molecular flexibility index (Phi) is 6.17. The summed E-state index contributed by atoms with van der Waals surface area (Å²) in [5, 5.41) is 7.01. The molecule has 2 aromatic rings. The topological polar surface area (TPSA) is 99.4 Å². The fourth-order valence-electron chi connectivity index (χ4n) is 2.83. The molecule has 1 fully saturated rings. The number of carbonyl (C=O) groups excluding carboxylic acids is 1. The van der Waals surface area contributed by atoms with Gasteiger partial charge in [0.2, 0.25) is 5.89 Å². The fraction of sp³-hybridized carbons (Fsp3) is 0.556. The Labute approximate surface area is 152 Å². The molecule has 2 aromatic heterocycles. The highest BCUT2D eigenvalue weighted by Gasteiger charge is 2.31. The second kappa shape index (κ2) is 8.75. The first-order valence-corrected chi connectivity index (χ1v) is 8.87. The normalized spacial score (nSPS) is 16.4. The summed E-state index contributed by atoms with van der Waals surface area (Å²) in [6, 6.07) is 3.16. The van der Waals surface area contributed by atoms with Gasteiger partial charge in [-0.2, -0.15) is 4.98 Å². The Morgan fingerprint density at radius 2 is 2.19 bits per heavy atom. The molecule has 0 aliphatic carbocycles.